The Morgan fingerprint density at radius 3 is 1.05 bits per heavy atom. The Morgan fingerprint density at radius 2 is 0.692 bits per heavy atom. The molecule has 0 aliphatic carbocycles. The van der Waals surface area contributed by atoms with Crippen molar-refractivity contribution in [3.63, 3.8) is 0 Å². The molecule has 0 radical (unpaired) electrons. The number of ketones is 2. The molecule has 39 heavy (non-hydrogen) atoms. The molecule has 0 N–H and O–H groups in total. The van der Waals surface area contributed by atoms with Crippen LogP contribution in [0.25, 0.3) is 0 Å². The van der Waals surface area contributed by atoms with Gasteiger partial charge in [-0.2, -0.15) is 0 Å². The summed E-state index contributed by atoms with van der Waals surface area (Å²) in [7, 11) is 0. The Hall–Kier alpha value is -4.18. The molecule has 0 saturated carbocycles. The van der Waals surface area contributed by atoms with Crippen LogP contribution in [0.4, 0.5) is 0 Å². The van der Waals surface area contributed by atoms with E-state index in [-0.39, 0.29) is 11.6 Å². The molecule has 200 valence electrons. The number of unbranched alkanes of at least 4 members (excludes halogenated alkanes) is 6. The zero-order chi connectivity index (χ0) is 27.1. The molecular formula is C35H36O4. The van der Waals surface area contributed by atoms with E-state index in [0.717, 1.165) is 37.2 Å². The van der Waals surface area contributed by atoms with Gasteiger partial charge in [-0.15, -0.1) is 0 Å². The van der Waals surface area contributed by atoms with Gasteiger partial charge in [-0.25, -0.2) is 0 Å². The van der Waals surface area contributed by atoms with Gasteiger partial charge in [0.15, 0.2) is 11.6 Å². The first-order valence-electron chi connectivity index (χ1n) is 13.9. The van der Waals surface area contributed by atoms with Crippen molar-refractivity contribution in [2.75, 3.05) is 13.2 Å². The van der Waals surface area contributed by atoms with Crippen LogP contribution < -0.4 is 9.47 Å². The van der Waals surface area contributed by atoms with E-state index in [1.165, 1.54) is 19.3 Å². The third-order valence-electron chi connectivity index (χ3n) is 6.63. The Labute approximate surface area is 231 Å². The molecule has 0 bridgehead atoms. The second-order valence-corrected chi connectivity index (χ2v) is 9.61. The van der Waals surface area contributed by atoms with Crippen LogP contribution in [0.1, 0.15) is 76.8 Å². The van der Waals surface area contributed by atoms with E-state index in [1.54, 1.807) is 0 Å². The second kappa shape index (κ2) is 15.3. The second-order valence-electron chi connectivity index (χ2n) is 9.61. The maximum absolute atomic E-state index is 12.5. The maximum Gasteiger partial charge on any atom is 0.193 e. The van der Waals surface area contributed by atoms with E-state index in [0.29, 0.717) is 35.5 Å². The van der Waals surface area contributed by atoms with Crippen LogP contribution in [-0.2, 0) is 0 Å². The van der Waals surface area contributed by atoms with E-state index in [4.69, 9.17) is 9.47 Å². The summed E-state index contributed by atoms with van der Waals surface area (Å²) in [6.07, 6.45) is 7.96. The fourth-order valence-corrected chi connectivity index (χ4v) is 4.39. The molecule has 4 nitrogen and oxygen atoms in total. The number of carbonyl (C=O) groups excluding carboxylic acids is 2. The summed E-state index contributed by atoms with van der Waals surface area (Å²) in [4.78, 5) is 25.0. The summed E-state index contributed by atoms with van der Waals surface area (Å²) in [6.45, 7) is 1.38. The first kappa shape index (κ1) is 27.8. The van der Waals surface area contributed by atoms with E-state index in [1.807, 2.05) is 109 Å². The Balaban J connectivity index is 1.01. The van der Waals surface area contributed by atoms with E-state index in [2.05, 4.69) is 0 Å². The van der Waals surface area contributed by atoms with Crippen molar-refractivity contribution in [2.45, 2.75) is 44.9 Å². The van der Waals surface area contributed by atoms with Crippen LogP contribution in [0.15, 0.2) is 109 Å². The van der Waals surface area contributed by atoms with Gasteiger partial charge in [0.1, 0.15) is 11.5 Å². The zero-order valence-electron chi connectivity index (χ0n) is 22.4. The summed E-state index contributed by atoms with van der Waals surface area (Å²) >= 11 is 0. The highest BCUT2D eigenvalue weighted by Gasteiger charge is 2.09. The lowest BCUT2D eigenvalue weighted by molar-refractivity contribution is 0.103. The van der Waals surface area contributed by atoms with Crippen molar-refractivity contribution in [1.82, 2.24) is 0 Å². The molecule has 4 aromatic carbocycles. The van der Waals surface area contributed by atoms with Crippen LogP contribution >= 0.6 is 0 Å². The van der Waals surface area contributed by atoms with Gasteiger partial charge in [0, 0.05) is 22.3 Å². The van der Waals surface area contributed by atoms with Crippen molar-refractivity contribution < 1.29 is 19.1 Å². The fourth-order valence-electron chi connectivity index (χ4n) is 4.39. The molecule has 4 aromatic rings. The van der Waals surface area contributed by atoms with Gasteiger partial charge in [0.25, 0.3) is 0 Å². The topological polar surface area (TPSA) is 52.6 Å². The lowest BCUT2D eigenvalue weighted by Gasteiger charge is -2.08. The Kier molecular flexibility index (Phi) is 10.9. The molecular weight excluding hydrogens is 484 g/mol. The first-order chi connectivity index (χ1) is 19.2. The van der Waals surface area contributed by atoms with Gasteiger partial charge in [-0.3, -0.25) is 9.59 Å². The van der Waals surface area contributed by atoms with Crippen LogP contribution in [0.5, 0.6) is 11.5 Å². The normalized spacial score (nSPS) is 10.7. The predicted octanol–water partition coefficient (Wildman–Crippen LogP) is 8.34. The molecule has 0 fully saturated rings. The van der Waals surface area contributed by atoms with Crippen molar-refractivity contribution in [3.8, 4) is 11.5 Å². The van der Waals surface area contributed by atoms with Gasteiger partial charge >= 0.3 is 0 Å². The summed E-state index contributed by atoms with van der Waals surface area (Å²) in [5.74, 6) is 1.66. The summed E-state index contributed by atoms with van der Waals surface area (Å²) < 4.78 is 11.7. The van der Waals surface area contributed by atoms with Gasteiger partial charge < -0.3 is 9.47 Å². The number of hydrogen-bond acceptors (Lipinski definition) is 4. The molecule has 0 aliphatic rings. The summed E-state index contributed by atoms with van der Waals surface area (Å²) in [6, 6.07) is 33.4. The van der Waals surface area contributed by atoms with Crippen molar-refractivity contribution >= 4 is 11.6 Å². The maximum atomic E-state index is 12.5. The summed E-state index contributed by atoms with van der Waals surface area (Å²) in [5.41, 5.74) is 2.74. The highest BCUT2D eigenvalue weighted by Crippen LogP contribution is 2.18. The van der Waals surface area contributed by atoms with E-state index < -0.39 is 0 Å². The number of rotatable bonds is 16. The fraction of sp³-hybridized carbons (Fsp3) is 0.257. The lowest BCUT2D eigenvalue weighted by atomic mass is 10.0. The molecule has 0 aromatic heterocycles. The molecule has 0 atom stereocenters. The Bertz CT molecular complexity index is 1180. The largest absolute Gasteiger partial charge is 0.494 e. The number of benzene rings is 4. The Morgan fingerprint density at radius 1 is 0.385 bits per heavy atom. The monoisotopic (exact) mass is 520 g/mol. The SMILES string of the molecule is O=C(c1ccccc1)c1ccc(OCCCCCCCCCOc2ccc(C(=O)c3ccccc3)cc2)cc1. The van der Waals surface area contributed by atoms with Crippen LogP contribution in [0.2, 0.25) is 0 Å². The van der Waals surface area contributed by atoms with Crippen LogP contribution in [0.3, 0.4) is 0 Å². The van der Waals surface area contributed by atoms with Gasteiger partial charge in [0.2, 0.25) is 0 Å². The quantitative estimate of drug-likeness (QED) is 0.110. The van der Waals surface area contributed by atoms with Crippen molar-refractivity contribution in [3.05, 3.63) is 131 Å². The predicted molar refractivity (Wildman–Crippen MR) is 156 cm³/mol. The molecule has 0 heterocycles. The van der Waals surface area contributed by atoms with Gasteiger partial charge in [-0.1, -0.05) is 92.8 Å². The van der Waals surface area contributed by atoms with Crippen molar-refractivity contribution in [2.24, 2.45) is 0 Å². The average Bonchev–Trinajstić information content (AvgIpc) is 3.00. The first-order valence-corrected chi connectivity index (χ1v) is 13.9. The minimum Gasteiger partial charge on any atom is -0.494 e. The third kappa shape index (κ3) is 8.96. The van der Waals surface area contributed by atoms with Crippen LogP contribution in [-0.4, -0.2) is 24.8 Å². The molecule has 0 saturated heterocycles. The van der Waals surface area contributed by atoms with Gasteiger partial charge in [-0.05, 0) is 61.4 Å². The number of hydrogen-bond donors (Lipinski definition) is 0. The minimum atomic E-state index is 0.0274. The lowest BCUT2D eigenvalue weighted by Crippen LogP contribution is -2.02. The van der Waals surface area contributed by atoms with Crippen molar-refractivity contribution in [1.29, 1.82) is 0 Å². The number of ether oxygens (including phenoxy) is 2. The molecule has 4 heteroatoms. The third-order valence-corrected chi connectivity index (χ3v) is 6.63. The zero-order valence-corrected chi connectivity index (χ0v) is 22.4. The van der Waals surface area contributed by atoms with E-state index >= 15 is 0 Å². The molecule has 4 rings (SSSR count). The molecule has 0 aliphatic heterocycles. The average molecular weight is 521 g/mol. The van der Waals surface area contributed by atoms with Crippen LogP contribution in [0, 0.1) is 0 Å². The van der Waals surface area contributed by atoms with E-state index in [9.17, 15) is 9.59 Å². The highest BCUT2D eigenvalue weighted by molar-refractivity contribution is 6.09. The smallest absolute Gasteiger partial charge is 0.193 e. The molecule has 0 unspecified atom stereocenters. The van der Waals surface area contributed by atoms with Gasteiger partial charge in [0.05, 0.1) is 13.2 Å². The summed E-state index contributed by atoms with van der Waals surface area (Å²) in [5, 5.41) is 0. The molecule has 0 spiro atoms. The highest BCUT2D eigenvalue weighted by atomic mass is 16.5. The minimum absolute atomic E-state index is 0.0274. The standard InChI is InChI=1S/C35H36O4/c36-34(28-14-8-6-9-15-28)30-18-22-32(23-19-30)38-26-12-4-2-1-3-5-13-27-39-33-24-20-31(21-25-33)35(37)29-16-10-7-11-17-29/h6-11,14-25H,1-5,12-13,26-27H2. The number of carbonyl (C=O) groups is 2. The molecule has 0 amide bonds.